The second-order valence-corrected chi connectivity index (χ2v) is 11.8. The number of carbonyl (C=O) groups excluding carboxylic acids is 2. The summed E-state index contributed by atoms with van der Waals surface area (Å²) in [6.07, 6.45) is -1.71. The number of ether oxygens (including phenoxy) is 2. The fraction of sp³-hybridized carbons (Fsp3) is 0.235. The molecular formula is C34H32Cl4N2O4. The maximum Gasteiger partial charge on any atom is 0.263 e. The van der Waals surface area contributed by atoms with Gasteiger partial charge in [0.25, 0.3) is 11.8 Å². The third kappa shape index (κ3) is 9.54. The lowest BCUT2D eigenvalue weighted by atomic mass is 10.2. The number of carbonyl (C=O) groups is 2. The van der Waals surface area contributed by atoms with Gasteiger partial charge in [-0.05, 0) is 61.4 Å². The van der Waals surface area contributed by atoms with E-state index in [4.69, 9.17) is 55.9 Å². The van der Waals surface area contributed by atoms with Crippen LogP contribution in [-0.2, 0) is 22.7 Å². The predicted molar refractivity (Wildman–Crippen MR) is 177 cm³/mol. The normalized spacial score (nSPS) is 12.2. The third-order valence-corrected chi connectivity index (χ3v) is 7.85. The Morgan fingerprint density at radius 1 is 0.591 bits per heavy atom. The number of benzene rings is 4. The summed E-state index contributed by atoms with van der Waals surface area (Å²) in [6.45, 7) is 4.46. The van der Waals surface area contributed by atoms with Gasteiger partial charge in [0.15, 0.2) is 12.2 Å². The number of rotatable bonds is 13. The van der Waals surface area contributed by atoms with Crippen LogP contribution in [0, 0.1) is 0 Å². The number of halogens is 4. The molecule has 0 saturated carbocycles. The zero-order valence-electron chi connectivity index (χ0n) is 24.3. The van der Waals surface area contributed by atoms with Crippen LogP contribution in [0.25, 0.3) is 0 Å². The molecule has 0 aliphatic heterocycles. The Labute approximate surface area is 278 Å². The number of nitrogens with zero attached hydrogens (tertiary/aromatic N) is 2. The Balaban J connectivity index is 1.54. The molecule has 0 spiro atoms. The molecule has 4 aromatic carbocycles. The first-order chi connectivity index (χ1) is 21.1. The summed E-state index contributed by atoms with van der Waals surface area (Å²) >= 11 is 24.7. The van der Waals surface area contributed by atoms with Gasteiger partial charge in [0, 0.05) is 36.2 Å². The lowest BCUT2D eigenvalue weighted by molar-refractivity contribution is -0.142. The van der Waals surface area contributed by atoms with Crippen molar-refractivity contribution in [3.8, 4) is 11.5 Å². The molecule has 0 aliphatic carbocycles. The lowest BCUT2D eigenvalue weighted by Gasteiger charge is -2.31. The van der Waals surface area contributed by atoms with E-state index in [9.17, 15) is 9.59 Å². The van der Waals surface area contributed by atoms with Crippen molar-refractivity contribution in [3.05, 3.63) is 128 Å². The molecule has 0 unspecified atom stereocenters. The Morgan fingerprint density at radius 3 is 1.30 bits per heavy atom. The van der Waals surface area contributed by atoms with Crippen molar-refractivity contribution in [2.75, 3.05) is 13.1 Å². The predicted octanol–water partition coefficient (Wildman–Crippen LogP) is 8.59. The van der Waals surface area contributed by atoms with E-state index in [1.54, 1.807) is 60.0 Å². The summed E-state index contributed by atoms with van der Waals surface area (Å²) < 4.78 is 11.9. The molecule has 0 aromatic heterocycles. The van der Waals surface area contributed by atoms with E-state index in [0.717, 1.165) is 11.1 Å². The van der Waals surface area contributed by atoms with Gasteiger partial charge >= 0.3 is 0 Å². The van der Waals surface area contributed by atoms with E-state index in [1.807, 2.05) is 60.7 Å². The molecule has 0 saturated heterocycles. The maximum atomic E-state index is 13.8. The molecule has 0 heterocycles. The van der Waals surface area contributed by atoms with Gasteiger partial charge < -0.3 is 19.3 Å². The van der Waals surface area contributed by atoms with Crippen molar-refractivity contribution in [1.82, 2.24) is 9.80 Å². The third-order valence-electron chi connectivity index (χ3n) is 6.79. The van der Waals surface area contributed by atoms with Crippen molar-refractivity contribution in [2.24, 2.45) is 0 Å². The number of amides is 2. The fourth-order valence-corrected chi connectivity index (χ4v) is 5.43. The molecule has 6 nitrogen and oxygen atoms in total. The van der Waals surface area contributed by atoms with Gasteiger partial charge in [-0.1, -0.05) is 107 Å². The highest BCUT2D eigenvalue weighted by Gasteiger charge is 2.27. The molecule has 230 valence electrons. The monoisotopic (exact) mass is 672 g/mol. The molecule has 0 aliphatic rings. The Hall–Kier alpha value is -3.42. The zero-order chi connectivity index (χ0) is 31.6. The Kier molecular flexibility index (Phi) is 12.2. The fourth-order valence-electron chi connectivity index (χ4n) is 4.52. The average Bonchev–Trinajstić information content (AvgIpc) is 3.01. The van der Waals surface area contributed by atoms with Crippen LogP contribution in [0.2, 0.25) is 20.1 Å². The molecule has 2 amide bonds. The molecule has 4 aromatic rings. The molecule has 44 heavy (non-hydrogen) atoms. The van der Waals surface area contributed by atoms with Crippen molar-refractivity contribution in [1.29, 1.82) is 0 Å². The second kappa shape index (κ2) is 16.1. The first-order valence-corrected chi connectivity index (χ1v) is 15.5. The highest BCUT2D eigenvalue weighted by atomic mass is 35.5. The smallest absolute Gasteiger partial charge is 0.263 e. The van der Waals surface area contributed by atoms with Gasteiger partial charge in [0.2, 0.25) is 0 Å². The quantitative estimate of drug-likeness (QED) is 0.143. The highest BCUT2D eigenvalue weighted by molar-refractivity contribution is 6.36. The van der Waals surface area contributed by atoms with Crippen molar-refractivity contribution >= 4 is 58.2 Å². The van der Waals surface area contributed by atoms with Crippen molar-refractivity contribution < 1.29 is 19.1 Å². The average molecular weight is 674 g/mol. The van der Waals surface area contributed by atoms with Crippen LogP contribution in [0.4, 0.5) is 0 Å². The van der Waals surface area contributed by atoms with Crippen LogP contribution in [0.15, 0.2) is 97.1 Å². The Bertz CT molecular complexity index is 1440. The van der Waals surface area contributed by atoms with E-state index in [1.165, 1.54) is 0 Å². The van der Waals surface area contributed by atoms with Crippen LogP contribution in [0.1, 0.15) is 25.0 Å². The summed E-state index contributed by atoms with van der Waals surface area (Å²) in [6, 6.07) is 28.9. The summed E-state index contributed by atoms with van der Waals surface area (Å²) in [4.78, 5) is 30.9. The van der Waals surface area contributed by atoms with Crippen LogP contribution >= 0.6 is 46.4 Å². The number of hydrogen-bond acceptors (Lipinski definition) is 4. The maximum absolute atomic E-state index is 13.8. The minimum atomic E-state index is -0.857. The summed E-state index contributed by atoms with van der Waals surface area (Å²) in [5.41, 5.74) is 1.88. The molecule has 0 fully saturated rings. The van der Waals surface area contributed by atoms with Gasteiger partial charge in [-0.25, -0.2) is 0 Å². The van der Waals surface area contributed by atoms with E-state index in [-0.39, 0.29) is 24.9 Å². The molecular weight excluding hydrogens is 642 g/mol. The highest BCUT2D eigenvalue weighted by Crippen LogP contribution is 2.30. The van der Waals surface area contributed by atoms with Gasteiger partial charge in [0.1, 0.15) is 11.5 Å². The topological polar surface area (TPSA) is 59.1 Å². The lowest BCUT2D eigenvalue weighted by Crippen LogP contribution is -2.47. The minimum Gasteiger partial charge on any atom is -0.479 e. The van der Waals surface area contributed by atoms with Crippen LogP contribution < -0.4 is 9.47 Å². The zero-order valence-corrected chi connectivity index (χ0v) is 27.3. The van der Waals surface area contributed by atoms with Crippen LogP contribution in [0.5, 0.6) is 11.5 Å². The second-order valence-electron chi connectivity index (χ2n) is 10.2. The van der Waals surface area contributed by atoms with Gasteiger partial charge in [-0.2, -0.15) is 0 Å². The van der Waals surface area contributed by atoms with E-state index < -0.39 is 12.2 Å². The molecule has 2 atom stereocenters. The van der Waals surface area contributed by atoms with Crippen LogP contribution in [0.3, 0.4) is 0 Å². The molecule has 10 heteroatoms. The molecule has 4 rings (SSSR count). The summed E-state index contributed by atoms with van der Waals surface area (Å²) in [7, 11) is 0. The molecule has 0 radical (unpaired) electrons. The summed E-state index contributed by atoms with van der Waals surface area (Å²) in [5.74, 6) is 0.182. The standard InChI is InChI=1S/C34H32Cl4N2O4/c1-23(43-31-15-13-27(35)19-29(31)37)33(41)39(21-25-9-5-3-6-10-25)17-18-40(22-26-11-7-4-8-12-26)34(42)24(2)44-32-16-14-28(36)20-30(32)38/h3-16,19-20,23-24H,17-18,21-22H2,1-2H3/t23-,24-/m1/s1. The molecule has 0 N–H and O–H groups in total. The van der Waals surface area contributed by atoms with Crippen molar-refractivity contribution in [2.45, 2.75) is 39.1 Å². The molecule has 0 bridgehead atoms. The van der Waals surface area contributed by atoms with Crippen LogP contribution in [-0.4, -0.2) is 46.9 Å². The van der Waals surface area contributed by atoms with Gasteiger partial charge in [-0.3, -0.25) is 9.59 Å². The first-order valence-electron chi connectivity index (χ1n) is 14.0. The SMILES string of the molecule is C[C@@H](Oc1ccc(Cl)cc1Cl)C(=O)N(CCN(Cc1ccccc1)C(=O)[C@@H](C)Oc1ccc(Cl)cc1Cl)Cc1ccccc1. The van der Waals surface area contributed by atoms with Gasteiger partial charge in [0.05, 0.1) is 10.0 Å². The van der Waals surface area contributed by atoms with Gasteiger partial charge in [-0.15, -0.1) is 0 Å². The minimum absolute atomic E-state index is 0.239. The van der Waals surface area contributed by atoms with E-state index in [0.29, 0.717) is 44.7 Å². The first kappa shape index (κ1) is 33.5. The Morgan fingerprint density at radius 2 is 0.955 bits per heavy atom. The summed E-state index contributed by atoms with van der Waals surface area (Å²) in [5, 5.41) is 1.54. The van der Waals surface area contributed by atoms with E-state index in [2.05, 4.69) is 0 Å². The van der Waals surface area contributed by atoms with E-state index >= 15 is 0 Å². The largest absolute Gasteiger partial charge is 0.479 e. The number of hydrogen-bond donors (Lipinski definition) is 0. The van der Waals surface area contributed by atoms with Crippen molar-refractivity contribution in [3.63, 3.8) is 0 Å².